The van der Waals surface area contributed by atoms with Crippen molar-refractivity contribution in [2.75, 3.05) is 4.90 Å². The molecule has 0 spiro atoms. The molecule has 4 heteroatoms. The molecular weight excluding hydrogens is 798 g/mol. The van der Waals surface area contributed by atoms with Crippen molar-refractivity contribution in [1.82, 2.24) is 9.13 Å². The molecule has 0 radical (unpaired) electrons. The van der Waals surface area contributed by atoms with Gasteiger partial charge in [-0.1, -0.05) is 169 Å². The van der Waals surface area contributed by atoms with Crippen LogP contribution in [0.4, 0.5) is 17.1 Å². The number of rotatable bonds is 3. The van der Waals surface area contributed by atoms with Gasteiger partial charge >= 0.3 is 0 Å². The maximum absolute atomic E-state index is 2.64. The van der Waals surface area contributed by atoms with Gasteiger partial charge in [-0.3, -0.25) is 0 Å². The number of hydrogen-bond donors (Lipinski definition) is 0. The maximum Gasteiger partial charge on any atom is 0.252 e. The highest BCUT2D eigenvalue weighted by molar-refractivity contribution is 7.00. The molecule has 3 nitrogen and oxygen atoms in total. The molecule has 0 unspecified atom stereocenters. The number of para-hydroxylation sites is 4. The maximum atomic E-state index is 2.64. The molecule has 0 saturated carbocycles. The van der Waals surface area contributed by atoms with E-state index in [-0.39, 0.29) is 17.5 Å². The molecule has 10 aromatic carbocycles. The van der Waals surface area contributed by atoms with Crippen molar-refractivity contribution < 1.29 is 0 Å². The molecular formula is C62H48BN3. The van der Waals surface area contributed by atoms with Gasteiger partial charge in [-0.2, -0.15) is 0 Å². The number of benzene rings is 10. The van der Waals surface area contributed by atoms with Gasteiger partial charge in [0, 0.05) is 60.7 Å². The van der Waals surface area contributed by atoms with Gasteiger partial charge in [0.05, 0.1) is 16.7 Å². The Morgan fingerprint density at radius 1 is 0.379 bits per heavy atom. The van der Waals surface area contributed by atoms with Crippen molar-refractivity contribution in [3.8, 4) is 11.4 Å². The zero-order chi connectivity index (χ0) is 44.4. The molecule has 2 aliphatic heterocycles. The van der Waals surface area contributed by atoms with Crippen LogP contribution in [0.15, 0.2) is 182 Å². The van der Waals surface area contributed by atoms with E-state index in [1.165, 1.54) is 115 Å². The van der Waals surface area contributed by atoms with Gasteiger partial charge in [0.2, 0.25) is 0 Å². The number of hydrogen-bond acceptors (Lipinski definition) is 1. The average molecular weight is 846 g/mol. The molecule has 314 valence electrons. The van der Waals surface area contributed by atoms with Crippen LogP contribution in [0.3, 0.4) is 0 Å². The fourth-order valence-corrected chi connectivity index (χ4v) is 12.1. The lowest BCUT2D eigenvalue weighted by molar-refractivity contribution is 0.590. The van der Waals surface area contributed by atoms with Crippen LogP contribution in [0.5, 0.6) is 0 Å². The SMILES string of the molecule is CC(C)(C)c1ccc(N(c2ccc(C(C)(C)C)cc2)c2ccc3c(c2)c2ccccc2c2c4c5c(cc32)-n2c3ccccc3c3cccc(c32)B5c2cccc3c5ccccc5n-4c23)cc1. The molecule has 0 amide bonds. The lowest BCUT2D eigenvalue weighted by atomic mass is 9.34. The molecule has 0 bridgehead atoms. The molecule has 0 fully saturated rings. The van der Waals surface area contributed by atoms with Crippen LogP contribution in [0.1, 0.15) is 52.7 Å². The highest BCUT2D eigenvalue weighted by Gasteiger charge is 2.42. The Balaban J connectivity index is 1.12. The zero-order valence-corrected chi connectivity index (χ0v) is 38.2. The highest BCUT2D eigenvalue weighted by atomic mass is 15.1. The fourth-order valence-electron chi connectivity index (χ4n) is 12.1. The largest absolute Gasteiger partial charge is 0.310 e. The van der Waals surface area contributed by atoms with Gasteiger partial charge in [-0.15, -0.1) is 0 Å². The van der Waals surface area contributed by atoms with E-state index >= 15 is 0 Å². The minimum Gasteiger partial charge on any atom is -0.310 e. The molecule has 14 rings (SSSR count). The van der Waals surface area contributed by atoms with Gasteiger partial charge in [0.25, 0.3) is 6.71 Å². The normalized spacial score (nSPS) is 13.3. The summed E-state index contributed by atoms with van der Waals surface area (Å²) in [5, 5.41) is 12.8. The minimum absolute atomic E-state index is 0.0563. The molecule has 66 heavy (non-hydrogen) atoms. The Morgan fingerprint density at radius 3 is 1.42 bits per heavy atom. The van der Waals surface area contributed by atoms with Gasteiger partial charge < -0.3 is 14.0 Å². The molecule has 2 aliphatic rings. The van der Waals surface area contributed by atoms with E-state index in [0.717, 1.165) is 17.1 Å². The molecule has 0 N–H and O–H groups in total. The van der Waals surface area contributed by atoms with Crippen LogP contribution in [0.25, 0.3) is 87.3 Å². The van der Waals surface area contributed by atoms with E-state index in [9.17, 15) is 0 Å². The first kappa shape index (κ1) is 37.8. The Morgan fingerprint density at radius 2 is 0.848 bits per heavy atom. The number of aromatic nitrogens is 2. The quantitative estimate of drug-likeness (QED) is 0.128. The van der Waals surface area contributed by atoms with Crippen molar-refractivity contribution in [3.63, 3.8) is 0 Å². The summed E-state index contributed by atoms with van der Waals surface area (Å²) in [6.45, 7) is 13.8. The summed E-state index contributed by atoms with van der Waals surface area (Å²) >= 11 is 0. The lowest BCUT2D eigenvalue weighted by Crippen LogP contribution is -2.59. The van der Waals surface area contributed by atoms with E-state index in [2.05, 4.69) is 238 Å². The first-order valence-corrected chi connectivity index (χ1v) is 23.6. The molecule has 0 saturated heterocycles. The molecule has 2 aromatic heterocycles. The van der Waals surface area contributed by atoms with E-state index in [1.807, 2.05) is 0 Å². The number of fused-ring (bicyclic) bond motifs is 17. The summed E-state index contributed by atoms with van der Waals surface area (Å²) in [6.07, 6.45) is 0. The molecule has 12 aromatic rings. The summed E-state index contributed by atoms with van der Waals surface area (Å²) in [5.74, 6) is 0. The van der Waals surface area contributed by atoms with Crippen LogP contribution in [-0.2, 0) is 10.8 Å². The van der Waals surface area contributed by atoms with Gasteiger partial charge in [0.15, 0.2) is 0 Å². The van der Waals surface area contributed by atoms with Gasteiger partial charge in [0.1, 0.15) is 0 Å². The number of anilines is 3. The van der Waals surface area contributed by atoms with Crippen LogP contribution < -0.4 is 21.3 Å². The predicted octanol–water partition coefficient (Wildman–Crippen LogP) is 14.5. The Kier molecular flexibility index (Phi) is 7.47. The first-order chi connectivity index (χ1) is 32.0. The van der Waals surface area contributed by atoms with Gasteiger partial charge in [-0.05, 0) is 120 Å². The van der Waals surface area contributed by atoms with Crippen molar-refractivity contribution >= 4 is 116 Å². The third-order valence-corrected chi connectivity index (χ3v) is 15.2. The molecule has 0 aliphatic carbocycles. The van der Waals surface area contributed by atoms with Crippen LogP contribution in [-0.4, -0.2) is 15.8 Å². The Hall–Kier alpha value is -7.56. The third-order valence-electron chi connectivity index (χ3n) is 15.2. The molecule has 0 atom stereocenters. The molecule has 4 heterocycles. The smallest absolute Gasteiger partial charge is 0.252 e. The highest BCUT2D eigenvalue weighted by Crippen LogP contribution is 2.47. The Labute approximate surface area is 385 Å². The monoisotopic (exact) mass is 845 g/mol. The lowest BCUT2D eigenvalue weighted by Gasteiger charge is -2.35. The standard InChI is InChI=1S/C62H48BN3/c1-61(2,3)37-25-29-39(30-26-37)64(40-31-27-38(28-32-40)62(4,5)6)41-33-34-43-49(35-41)42-15-7-8-18-46(42)56-50(43)36-55-57-60(56)66-54-24-12-10-17-45(54)48-20-14-22-52(59(48)66)63(57)51-21-13-19-47-44-16-9-11-23-53(44)65(55)58(47)51/h7-36H,1-6H3. The van der Waals surface area contributed by atoms with Gasteiger partial charge in [-0.25, -0.2) is 0 Å². The van der Waals surface area contributed by atoms with E-state index < -0.39 is 0 Å². The average Bonchev–Trinajstić information content (AvgIpc) is 3.85. The topological polar surface area (TPSA) is 13.1 Å². The minimum atomic E-state index is 0.0563. The summed E-state index contributed by atoms with van der Waals surface area (Å²) < 4.78 is 5.25. The second kappa shape index (κ2) is 13.0. The van der Waals surface area contributed by atoms with Crippen LogP contribution in [0.2, 0.25) is 0 Å². The second-order valence-electron chi connectivity index (χ2n) is 20.9. The van der Waals surface area contributed by atoms with Crippen LogP contribution in [0, 0.1) is 0 Å². The summed E-state index contributed by atoms with van der Waals surface area (Å²) in [5.41, 5.74) is 18.0. The Bertz CT molecular complexity index is 4000. The second-order valence-corrected chi connectivity index (χ2v) is 20.9. The predicted molar refractivity (Wildman–Crippen MR) is 284 cm³/mol. The summed E-state index contributed by atoms with van der Waals surface area (Å²) in [6, 6.07) is 69.5. The third kappa shape index (κ3) is 4.99. The van der Waals surface area contributed by atoms with E-state index in [0.29, 0.717) is 0 Å². The first-order valence-electron chi connectivity index (χ1n) is 23.6. The van der Waals surface area contributed by atoms with Crippen molar-refractivity contribution in [3.05, 3.63) is 193 Å². The van der Waals surface area contributed by atoms with Crippen LogP contribution >= 0.6 is 0 Å². The van der Waals surface area contributed by atoms with Crippen molar-refractivity contribution in [1.29, 1.82) is 0 Å². The zero-order valence-electron chi connectivity index (χ0n) is 38.2. The number of nitrogens with zero attached hydrogens (tertiary/aromatic N) is 3. The van der Waals surface area contributed by atoms with E-state index in [1.54, 1.807) is 0 Å². The fraction of sp³-hybridized carbons (Fsp3) is 0.129. The summed E-state index contributed by atoms with van der Waals surface area (Å²) in [7, 11) is 0. The van der Waals surface area contributed by atoms with Crippen molar-refractivity contribution in [2.45, 2.75) is 52.4 Å². The van der Waals surface area contributed by atoms with E-state index in [4.69, 9.17) is 0 Å². The summed E-state index contributed by atoms with van der Waals surface area (Å²) in [4.78, 5) is 2.44. The van der Waals surface area contributed by atoms with Crippen molar-refractivity contribution in [2.24, 2.45) is 0 Å².